The fraction of sp³-hybridized carbons (Fsp3) is 0. The van der Waals surface area contributed by atoms with Gasteiger partial charge in [-0.1, -0.05) is 41.9 Å². The van der Waals surface area contributed by atoms with Crippen molar-refractivity contribution in [1.82, 2.24) is 4.98 Å². The second-order valence-corrected chi connectivity index (χ2v) is 8.74. The Balaban J connectivity index is 1.68. The van der Waals surface area contributed by atoms with Gasteiger partial charge in [0.05, 0.1) is 27.5 Å². The first-order valence-electron chi connectivity index (χ1n) is 9.26. The van der Waals surface area contributed by atoms with Crippen LogP contribution in [0.4, 0.5) is 17.1 Å². The number of nitro benzene ring substituents is 1. The van der Waals surface area contributed by atoms with E-state index in [-0.39, 0.29) is 27.0 Å². The number of aromatic nitrogens is 1. The van der Waals surface area contributed by atoms with Gasteiger partial charge in [0.2, 0.25) is 0 Å². The summed E-state index contributed by atoms with van der Waals surface area (Å²) >= 11 is 6.05. The van der Waals surface area contributed by atoms with Crippen molar-refractivity contribution < 1.29 is 13.3 Å². The number of rotatable bonds is 7. The third kappa shape index (κ3) is 4.41. The first-order valence-corrected chi connectivity index (χ1v) is 11.1. The molecule has 0 aliphatic carbocycles. The Kier molecular flexibility index (Phi) is 5.80. The monoisotopic (exact) mass is 469 g/mol. The van der Waals surface area contributed by atoms with E-state index in [1.807, 2.05) is 24.3 Å². The number of nitro groups is 1. The van der Waals surface area contributed by atoms with Crippen LogP contribution in [0.3, 0.4) is 0 Å². The predicted molar refractivity (Wildman–Crippen MR) is 125 cm³/mol. The summed E-state index contributed by atoms with van der Waals surface area (Å²) in [5.41, 5.74) is 4.21. The summed E-state index contributed by atoms with van der Waals surface area (Å²) in [6.07, 6.45) is 3.29. The van der Waals surface area contributed by atoms with Crippen molar-refractivity contribution in [2.75, 3.05) is 10.1 Å². The zero-order chi connectivity index (χ0) is 22.7. The fourth-order valence-electron chi connectivity index (χ4n) is 3.06. The number of hydrazone groups is 1. The molecule has 0 atom stereocenters. The van der Waals surface area contributed by atoms with Crippen molar-refractivity contribution in [3.05, 3.63) is 93.6 Å². The third-order valence-corrected chi connectivity index (χ3v) is 6.33. The molecule has 0 fully saturated rings. The van der Waals surface area contributed by atoms with Crippen LogP contribution in [0, 0.1) is 10.1 Å². The van der Waals surface area contributed by atoms with Gasteiger partial charge in [-0.3, -0.25) is 20.3 Å². The second-order valence-electron chi connectivity index (χ2n) is 6.68. The lowest BCUT2D eigenvalue weighted by atomic mass is 10.2. The van der Waals surface area contributed by atoms with Crippen molar-refractivity contribution in [3.63, 3.8) is 0 Å². The summed E-state index contributed by atoms with van der Waals surface area (Å²) in [7, 11) is -4.22. The van der Waals surface area contributed by atoms with Gasteiger partial charge in [-0.2, -0.15) is 5.10 Å². The summed E-state index contributed by atoms with van der Waals surface area (Å²) in [5.74, 6) is 0. The van der Waals surface area contributed by atoms with Gasteiger partial charge in [0.15, 0.2) is 0 Å². The van der Waals surface area contributed by atoms with Crippen LogP contribution in [0.25, 0.3) is 10.9 Å². The quantitative estimate of drug-likeness (QED) is 0.200. The molecule has 0 aliphatic heterocycles. The van der Waals surface area contributed by atoms with Gasteiger partial charge < -0.3 is 4.98 Å². The number of H-pyrrole nitrogens is 1. The van der Waals surface area contributed by atoms with E-state index in [9.17, 15) is 18.5 Å². The predicted octanol–water partition coefficient (Wildman–Crippen LogP) is 4.98. The molecular formula is C21H16ClN5O4S. The first-order chi connectivity index (χ1) is 15.3. The van der Waals surface area contributed by atoms with Crippen LogP contribution in [0.15, 0.2) is 82.9 Å². The van der Waals surface area contributed by atoms with Gasteiger partial charge >= 0.3 is 0 Å². The van der Waals surface area contributed by atoms with E-state index in [0.29, 0.717) is 0 Å². The van der Waals surface area contributed by atoms with Gasteiger partial charge in [-0.15, -0.1) is 0 Å². The molecule has 0 radical (unpaired) electrons. The summed E-state index contributed by atoms with van der Waals surface area (Å²) < 4.78 is 28.4. The Bertz CT molecular complexity index is 1450. The normalized spacial score (nSPS) is 11.7. The Morgan fingerprint density at radius 1 is 1.03 bits per heavy atom. The molecule has 0 unspecified atom stereocenters. The van der Waals surface area contributed by atoms with Gasteiger partial charge in [-0.25, -0.2) is 8.42 Å². The highest BCUT2D eigenvalue weighted by Gasteiger charge is 2.23. The minimum Gasteiger partial charge on any atom is -0.361 e. The maximum atomic E-state index is 13.0. The van der Waals surface area contributed by atoms with E-state index < -0.39 is 14.9 Å². The number of benzene rings is 3. The lowest BCUT2D eigenvalue weighted by Crippen LogP contribution is -2.15. The molecule has 162 valence electrons. The van der Waals surface area contributed by atoms with Crippen molar-refractivity contribution >= 4 is 55.8 Å². The topological polar surface area (TPSA) is 129 Å². The molecule has 1 heterocycles. The van der Waals surface area contributed by atoms with Gasteiger partial charge in [0.1, 0.15) is 4.90 Å². The number of fused-ring (bicyclic) bond motifs is 1. The molecule has 0 saturated carbocycles. The van der Waals surface area contributed by atoms with Crippen LogP contribution in [0.5, 0.6) is 0 Å². The lowest BCUT2D eigenvalue weighted by Gasteiger charge is -2.12. The Morgan fingerprint density at radius 2 is 1.78 bits per heavy atom. The summed E-state index contributed by atoms with van der Waals surface area (Å²) in [4.78, 5) is 13.3. The van der Waals surface area contributed by atoms with E-state index in [4.69, 9.17) is 11.6 Å². The summed E-state index contributed by atoms with van der Waals surface area (Å²) in [6.45, 7) is 0. The molecule has 0 amide bonds. The highest BCUT2D eigenvalue weighted by Crippen LogP contribution is 2.30. The smallest absolute Gasteiger partial charge is 0.270 e. The largest absolute Gasteiger partial charge is 0.361 e. The molecule has 3 aromatic carbocycles. The maximum absolute atomic E-state index is 13.0. The Hall–Kier alpha value is -3.89. The number of hydrogen-bond donors (Lipinski definition) is 3. The maximum Gasteiger partial charge on any atom is 0.270 e. The van der Waals surface area contributed by atoms with Crippen molar-refractivity contribution in [2.24, 2.45) is 5.10 Å². The lowest BCUT2D eigenvalue weighted by molar-refractivity contribution is -0.385. The molecule has 1 aromatic heterocycles. The average molecular weight is 470 g/mol. The Labute approximate surface area is 187 Å². The van der Waals surface area contributed by atoms with E-state index >= 15 is 0 Å². The number of nitrogens with one attached hydrogen (secondary N) is 3. The van der Waals surface area contributed by atoms with Crippen LogP contribution in [0.1, 0.15) is 5.56 Å². The molecule has 0 spiro atoms. The first kappa shape index (κ1) is 21.3. The molecule has 11 heteroatoms. The Morgan fingerprint density at radius 3 is 2.56 bits per heavy atom. The van der Waals surface area contributed by atoms with Gasteiger partial charge in [0, 0.05) is 34.8 Å². The van der Waals surface area contributed by atoms with Gasteiger partial charge in [-0.05, 0) is 24.3 Å². The number of para-hydroxylation sites is 2. The van der Waals surface area contributed by atoms with Crippen molar-refractivity contribution in [2.45, 2.75) is 4.90 Å². The average Bonchev–Trinajstić information content (AvgIpc) is 3.18. The minimum atomic E-state index is -4.22. The number of nitrogens with zero attached hydrogens (tertiary/aromatic N) is 2. The number of non-ortho nitro benzene ring substituents is 1. The van der Waals surface area contributed by atoms with E-state index in [1.165, 1.54) is 30.5 Å². The van der Waals surface area contributed by atoms with Crippen LogP contribution < -0.4 is 10.1 Å². The molecule has 32 heavy (non-hydrogen) atoms. The standard InChI is InChI=1S/C21H16ClN5O4S/c22-17-6-2-4-8-19(17)26-32(30,31)21-11-15(27(28)29)9-10-20(21)25-24-13-14-12-23-18-7-3-1-5-16(14)18/h1-13,23,25-26H. The van der Waals surface area contributed by atoms with Crippen LogP contribution >= 0.6 is 11.6 Å². The molecule has 0 bridgehead atoms. The number of hydrogen-bond acceptors (Lipinski definition) is 6. The third-order valence-electron chi connectivity index (χ3n) is 4.59. The molecule has 4 rings (SSSR count). The van der Waals surface area contributed by atoms with Crippen LogP contribution in [0.2, 0.25) is 5.02 Å². The zero-order valence-electron chi connectivity index (χ0n) is 16.3. The molecule has 0 aliphatic rings. The number of halogens is 1. The number of aromatic amines is 1. The summed E-state index contributed by atoms with van der Waals surface area (Å²) in [5, 5.41) is 16.5. The molecule has 3 N–H and O–H groups in total. The van der Waals surface area contributed by atoms with E-state index in [2.05, 4.69) is 20.2 Å². The van der Waals surface area contributed by atoms with E-state index in [0.717, 1.165) is 22.5 Å². The highest BCUT2D eigenvalue weighted by molar-refractivity contribution is 7.93. The van der Waals surface area contributed by atoms with Gasteiger partial charge in [0.25, 0.3) is 15.7 Å². The number of sulfonamides is 1. The van der Waals surface area contributed by atoms with Crippen molar-refractivity contribution in [1.29, 1.82) is 0 Å². The minimum absolute atomic E-state index is 0.0613. The molecule has 9 nitrogen and oxygen atoms in total. The molecular weight excluding hydrogens is 454 g/mol. The van der Waals surface area contributed by atoms with Crippen LogP contribution in [-0.2, 0) is 10.0 Å². The second kappa shape index (κ2) is 8.69. The van der Waals surface area contributed by atoms with Crippen molar-refractivity contribution in [3.8, 4) is 0 Å². The zero-order valence-corrected chi connectivity index (χ0v) is 17.9. The highest BCUT2D eigenvalue weighted by atomic mass is 35.5. The molecule has 4 aromatic rings. The van der Waals surface area contributed by atoms with E-state index in [1.54, 1.807) is 18.3 Å². The fourth-order valence-corrected chi connectivity index (χ4v) is 4.55. The number of anilines is 2. The summed E-state index contributed by atoms with van der Waals surface area (Å²) in [6, 6.07) is 17.3. The van der Waals surface area contributed by atoms with Crippen LogP contribution in [-0.4, -0.2) is 24.5 Å². The molecule has 0 saturated heterocycles. The SMILES string of the molecule is O=[N+]([O-])c1ccc(NN=Cc2c[nH]c3ccccc23)c(S(=O)(=O)Nc2ccccc2Cl)c1.